The Kier molecular flexibility index (Phi) is 4.41. The van der Waals surface area contributed by atoms with Gasteiger partial charge in [-0.1, -0.05) is 12.1 Å². The number of fused-ring (bicyclic) bond motifs is 1. The number of rotatable bonds is 2. The zero-order valence-corrected chi connectivity index (χ0v) is 13.5. The Morgan fingerprint density at radius 1 is 1.13 bits per heavy atom. The molecule has 1 saturated heterocycles. The zero-order valence-electron chi connectivity index (χ0n) is 13.5. The molecule has 124 valence electrons. The number of hydrogen-bond donors (Lipinski definition) is 1. The maximum absolute atomic E-state index is 12.7. The lowest BCUT2D eigenvalue weighted by atomic mass is 10.0. The fourth-order valence-electron chi connectivity index (χ4n) is 3.10. The van der Waals surface area contributed by atoms with Crippen molar-refractivity contribution in [2.24, 2.45) is 0 Å². The van der Waals surface area contributed by atoms with Crippen LogP contribution < -0.4 is 14.8 Å². The van der Waals surface area contributed by atoms with Gasteiger partial charge < -0.3 is 19.7 Å². The molecule has 0 bridgehead atoms. The maximum atomic E-state index is 12.7. The highest BCUT2D eigenvalue weighted by molar-refractivity contribution is 5.82. The van der Waals surface area contributed by atoms with Crippen LogP contribution in [0.3, 0.4) is 0 Å². The van der Waals surface area contributed by atoms with E-state index in [-0.39, 0.29) is 24.0 Å². The largest absolute Gasteiger partial charge is 0.482 e. The highest BCUT2D eigenvalue weighted by Crippen LogP contribution is 2.34. The van der Waals surface area contributed by atoms with E-state index in [0.29, 0.717) is 24.6 Å². The summed E-state index contributed by atoms with van der Waals surface area (Å²) < 4.78 is 11.7. The number of ether oxygens (including phenoxy) is 2. The lowest BCUT2D eigenvalue weighted by Crippen LogP contribution is -2.54. The number of nitrogens with zero attached hydrogens (tertiary/aromatic N) is 1. The Balaban J connectivity index is 1.62. The van der Waals surface area contributed by atoms with Gasteiger partial charge in [-0.15, -0.1) is 0 Å². The van der Waals surface area contributed by atoms with Crippen molar-refractivity contribution in [3.8, 4) is 11.5 Å². The summed E-state index contributed by atoms with van der Waals surface area (Å²) in [4.78, 5) is 25.6. The number of carbonyl (C=O) groups is 2. The van der Waals surface area contributed by atoms with Crippen LogP contribution in [-0.2, 0) is 9.59 Å². The zero-order chi connectivity index (χ0) is 16.4. The van der Waals surface area contributed by atoms with Crippen LogP contribution in [0.5, 0.6) is 11.5 Å². The van der Waals surface area contributed by atoms with Crippen LogP contribution >= 0.6 is 0 Å². The van der Waals surface area contributed by atoms with Crippen LogP contribution in [-0.4, -0.2) is 48.1 Å². The second-order valence-corrected chi connectivity index (χ2v) is 6.11. The summed E-state index contributed by atoms with van der Waals surface area (Å²) in [6.45, 7) is 4.61. The molecule has 0 radical (unpaired) electrons. The molecule has 2 atom stereocenters. The number of likely N-dealkylation sites (tertiary alicyclic amines) is 1. The summed E-state index contributed by atoms with van der Waals surface area (Å²) >= 11 is 0. The van der Waals surface area contributed by atoms with Crippen LogP contribution in [0.25, 0.3) is 0 Å². The minimum Gasteiger partial charge on any atom is -0.482 e. The first-order chi connectivity index (χ1) is 11.0. The lowest BCUT2D eigenvalue weighted by molar-refractivity contribution is -0.145. The topological polar surface area (TPSA) is 67.9 Å². The van der Waals surface area contributed by atoms with Crippen LogP contribution in [0.2, 0.25) is 0 Å². The van der Waals surface area contributed by atoms with Gasteiger partial charge in [-0.25, -0.2) is 0 Å². The van der Waals surface area contributed by atoms with Crippen molar-refractivity contribution in [1.29, 1.82) is 0 Å². The molecule has 1 aromatic rings. The van der Waals surface area contributed by atoms with E-state index in [9.17, 15) is 9.59 Å². The standard InChI is InChI=1S/C17H22N2O4/c1-11-16(23-15-6-4-3-5-14(15)22-11)17(21)19-9-7-13(8-10-19)18-12(2)20/h3-6,11,13,16H,7-10H2,1-2H3,(H,18,20)/t11-,16+/m1/s1. The van der Waals surface area contributed by atoms with Crippen LogP contribution in [0.4, 0.5) is 0 Å². The number of nitrogens with one attached hydrogen (secondary N) is 1. The summed E-state index contributed by atoms with van der Waals surface area (Å²) in [6, 6.07) is 7.54. The monoisotopic (exact) mass is 318 g/mol. The van der Waals surface area contributed by atoms with E-state index in [1.165, 1.54) is 6.92 Å². The molecule has 2 amide bonds. The van der Waals surface area contributed by atoms with Crippen LogP contribution in [0.1, 0.15) is 26.7 Å². The second kappa shape index (κ2) is 6.48. The molecule has 2 aliphatic heterocycles. The van der Waals surface area contributed by atoms with Crippen molar-refractivity contribution >= 4 is 11.8 Å². The molecule has 2 aliphatic rings. The van der Waals surface area contributed by atoms with E-state index in [2.05, 4.69) is 5.32 Å². The van der Waals surface area contributed by atoms with E-state index < -0.39 is 6.10 Å². The predicted octanol–water partition coefficient (Wildman–Crippen LogP) is 1.34. The van der Waals surface area contributed by atoms with E-state index >= 15 is 0 Å². The molecule has 23 heavy (non-hydrogen) atoms. The van der Waals surface area contributed by atoms with Crippen molar-refractivity contribution < 1.29 is 19.1 Å². The molecule has 0 spiro atoms. The van der Waals surface area contributed by atoms with Crippen LogP contribution in [0, 0.1) is 0 Å². The molecule has 0 aromatic heterocycles. The average molecular weight is 318 g/mol. The first-order valence-electron chi connectivity index (χ1n) is 8.03. The molecule has 6 nitrogen and oxygen atoms in total. The van der Waals surface area contributed by atoms with Gasteiger partial charge in [-0.2, -0.15) is 0 Å². The Morgan fingerprint density at radius 2 is 1.74 bits per heavy atom. The van der Waals surface area contributed by atoms with Gasteiger partial charge >= 0.3 is 0 Å². The number of amides is 2. The van der Waals surface area contributed by atoms with E-state index in [0.717, 1.165) is 12.8 Å². The normalized spacial score (nSPS) is 24.2. The Bertz CT molecular complexity index is 596. The molecule has 0 unspecified atom stereocenters. The smallest absolute Gasteiger partial charge is 0.267 e. The molecule has 6 heteroatoms. The molecule has 1 aromatic carbocycles. The van der Waals surface area contributed by atoms with E-state index in [4.69, 9.17) is 9.47 Å². The second-order valence-electron chi connectivity index (χ2n) is 6.11. The summed E-state index contributed by atoms with van der Waals surface area (Å²) in [5, 5.41) is 2.91. The predicted molar refractivity (Wildman–Crippen MR) is 84.4 cm³/mol. The number of piperidine rings is 1. The van der Waals surface area contributed by atoms with Gasteiger partial charge in [0.2, 0.25) is 12.0 Å². The van der Waals surface area contributed by atoms with Gasteiger partial charge in [-0.05, 0) is 31.9 Å². The summed E-state index contributed by atoms with van der Waals surface area (Å²) in [5.74, 6) is 1.21. The van der Waals surface area contributed by atoms with Gasteiger partial charge in [0.15, 0.2) is 11.5 Å². The molecule has 2 heterocycles. The first-order valence-corrected chi connectivity index (χ1v) is 8.03. The van der Waals surface area contributed by atoms with Gasteiger partial charge in [-0.3, -0.25) is 9.59 Å². The molecular formula is C17H22N2O4. The van der Waals surface area contributed by atoms with Gasteiger partial charge in [0.25, 0.3) is 5.91 Å². The molecule has 1 fully saturated rings. The molecule has 1 N–H and O–H groups in total. The first kappa shape index (κ1) is 15.6. The van der Waals surface area contributed by atoms with Crippen molar-refractivity contribution in [3.63, 3.8) is 0 Å². The van der Waals surface area contributed by atoms with Crippen molar-refractivity contribution in [1.82, 2.24) is 10.2 Å². The highest BCUT2D eigenvalue weighted by atomic mass is 16.6. The number of carbonyl (C=O) groups excluding carboxylic acids is 2. The summed E-state index contributed by atoms with van der Waals surface area (Å²) in [5.41, 5.74) is 0. The quantitative estimate of drug-likeness (QED) is 0.893. The Hall–Kier alpha value is -2.24. The van der Waals surface area contributed by atoms with Crippen molar-refractivity contribution in [3.05, 3.63) is 24.3 Å². The maximum Gasteiger partial charge on any atom is 0.267 e. The fraction of sp³-hybridized carbons (Fsp3) is 0.529. The fourth-order valence-corrected chi connectivity index (χ4v) is 3.10. The third-order valence-corrected chi connectivity index (χ3v) is 4.30. The molecule has 0 aliphatic carbocycles. The molecular weight excluding hydrogens is 296 g/mol. The van der Waals surface area contributed by atoms with E-state index in [1.807, 2.05) is 31.2 Å². The highest BCUT2D eigenvalue weighted by Gasteiger charge is 2.37. The third-order valence-electron chi connectivity index (χ3n) is 4.30. The van der Waals surface area contributed by atoms with Crippen LogP contribution in [0.15, 0.2) is 24.3 Å². The Morgan fingerprint density at radius 3 is 2.35 bits per heavy atom. The van der Waals surface area contributed by atoms with Gasteiger partial charge in [0.05, 0.1) is 0 Å². The van der Waals surface area contributed by atoms with Crippen molar-refractivity contribution in [2.75, 3.05) is 13.1 Å². The average Bonchev–Trinajstić information content (AvgIpc) is 2.54. The third kappa shape index (κ3) is 3.41. The molecule has 0 saturated carbocycles. The number of hydrogen-bond acceptors (Lipinski definition) is 4. The van der Waals surface area contributed by atoms with E-state index in [1.54, 1.807) is 4.90 Å². The van der Waals surface area contributed by atoms with Gasteiger partial charge in [0, 0.05) is 26.1 Å². The summed E-state index contributed by atoms with van der Waals surface area (Å²) in [6.07, 6.45) is 0.584. The SMILES string of the molecule is CC(=O)NC1CCN(C(=O)[C@H]2Oc3ccccc3O[C@@H]2C)CC1. The van der Waals surface area contributed by atoms with Crippen molar-refractivity contribution in [2.45, 2.75) is 44.9 Å². The summed E-state index contributed by atoms with van der Waals surface area (Å²) in [7, 11) is 0. The number of para-hydroxylation sites is 2. The van der Waals surface area contributed by atoms with Gasteiger partial charge in [0.1, 0.15) is 6.10 Å². The molecule has 3 rings (SSSR count). The lowest BCUT2D eigenvalue weighted by Gasteiger charge is -2.37. The number of benzene rings is 1. The minimum absolute atomic E-state index is 0.0241. The Labute approximate surface area is 135 Å². The minimum atomic E-state index is -0.623.